The standard InChI is InChI=1S/C12H17FN2/c1-15(8-7-14)12-6-5-9-10(12)3-2-4-11(9)13/h2-4,12H,5-8,14H2,1H3. The maximum atomic E-state index is 13.5. The molecule has 0 aromatic heterocycles. The second kappa shape index (κ2) is 4.29. The van der Waals surface area contributed by atoms with Crippen molar-refractivity contribution >= 4 is 0 Å². The number of nitrogens with two attached hydrogens (primary N) is 1. The molecule has 0 bridgehead atoms. The van der Waals surface area contributed by atoms with E-state index in [0.29, 0.717) is 12.6 Å². The van der Waals surface area contributed by atoms with Gasteiger partial charge in [-0.15, -0.1) is 0 Å². The van der Waals surface area contributed by atoms with Crippen molar-refractivity contribution in [3.8, 4) is 0 Å². The quantitative estimate of drug-likeness (QED) is 0.819. The topological polar surface area (TPSA) is 29.3 Å². The maximum Gasteiger partial charge on any atom is 0.126 e. The minimum Gasteiger partial charge on any atom is -0.329 e. The predicted molar refractivity (Wildman–Crippen MR) is 59.1 cm³/mol. The van der Waals surface area contributed by atoms with Crippen LogP contribution >= 0.6 is 0 Å². The van der Waals surface area contributed by atoms with E-state index in [2.05, 4.69) is 11.9 Å². The molecule has 2 N–H and O–H groups in total. The minimum atomic E-state index is -0.0591. The van der Waals surface area contributed by atoms with Gasteiger partial charge in [-0.3, -0.25) is 4.90 Å². The summed E-state index contributed by atoms with van der Waals surface area (Å²) in [5, 5.41) is 0. The molecule has 1 aromatic carbocycles. The van der Waals surface area contributed by atoms with E-state index in [1.807, 2.05) is 6.07 Å². The summed E-state index contributed by atoms with van der Waals surface area (Å²) in [6, 6.07) is 5.72. The van der Waals surface area contributed by atoms with Crippen LogP contribution < -0.4 is 5.73 Å². The van der Waals surface area contributed by atoms with E-state index < -0.39 is 0 Å². The lowest BCUT2D eigenvalue weighted by Gasteiger charge is -2.24. The van der Waals surface area contributed by atoms with Crippen LogP contribution in [0, 0.1) is 5.82 Å². The van der Waals surface area contributed by atoms with Crippen molar-refractivity contribution < 1.29 is 4.39 Å². The molecular weight excluding hydrogens is 191 g/mol. The molecule has 0 saturated carbocycles. The van der Waals surface area contributed by atoms with E-state index in [0.717, 1.165) is 30.5 Å². The fourth-order valence-corrected chi connectivity index (χ4v) is 2.41. The third kappa shape index (κ3) is 1.90. The summed E-state index contributed by atoms with van der Waals surface area (Å²) in [5.74, 6) is -0.0591. The summed E-state index contributed by atoms with van der Waals surface area (Å²) >= 11 is 0. The average molecular weight is 208 g/mol. The Balaban J connectivity index is 2.25. The van der Waals surface area contributed by atoms with Crippen molar-refractivity contribution in [2.45, 2.75) is 18.9 Å². The summed E-state index contributed by atoms with van der Waals surface area (Å²) in [6.45, 7) is 1.51. The molecule has 0 spiro atoms. The zero-order chi connectivity index (χ0) is 10.8. The number of likely N-dealkylation sites (N-methyl/N-ethyl adjacent to an activating group) is 1. The first-order valence-corrected chi connectivity index (χ1v) is 5.41. The number of hydrogen-bond donors (Lipinski definition) is 1. The Labute approximate surface area is 89.9 Å². The van der Waals surface area contributed by atoms with Gasteiger partial charge in [0.2, 0.25) is 0 Å². The molecule has 1 aliphatic rings. The normalized spacial score (nSPS) is 19.6. The smallest absolute Gasteiger partial charge is 0.126 e. The fraction of sp³-hybridized carbons (Fsp3) is 0.500. The van der Waals surface area contributed by atoms with Gasteiger partial charge in [0.05, 0.1) is 0 Å². The predicted octanol–water partition coefficient (Wildman–Crippen LogP) is 1.70. The van der Waals surface area contributed by atoms with Crippen LogP contribution in [0.25, 0.3) is 0 Å². The molecule has 2 rings (SSSR count). The van der Waals surface area contributed by atoms with Gasteiger partial charge in [-0.2, -0.15) is 0 Å². The van der Waals surface area contributed by atoms with Crippen LogP contribution in [0.3, 0.4) is 0 Å². The molecule has 0 aliphatic heterocycles. The largest absolute Gasteiger partial charge is 0.329 e. The number of fused-ring (bicyclic) bond motifs is 1. The van der Waals surface area contributed by atoms with Gasteiger partial charge in [-0.05, 0) is 37.1 Å². The molecular formula is C12H17FN2. The van der Waals surface area contributed by atoms with Crippen LogP contribution in [-0.4, -0.2) is 25.0 Å². The molecule has 1 aliphatic carbocycles. The van der Waals surface area contributed by atoms with Gasteiger partial charge < -0.3 is 5.73 Å². The number of hydrogen-bond acceptors (Lipinski definition) is 2. The first-order chi connectivity index (χ1) is 7.24. The Morgan fingerprint density at radius 1 is 1.53 bits per heavy atom. The zero-order valence-corrected chi connectivity index (χ0v) is 9.04. The van der Waals surface area contributed by atoms with Crippen LogP contribution in [0.2, 0.25) is 0 Å². The van der Waals surface area contributed by atoms with Crippen molar-refractivity contribution in [3.63, 3.8) is 0 Å². The zero-order valence-electron chi connectivity index (χ0n) is 9.04. The minimum absolute atomic E-state index is 0.0591. The van der Waals surface area contributed by atoms with Gasteiger partial charge in [0, 0.05) is 19.1 Å². The monoisotopic (exact) mass is 208 g/mol. The Hall–Kier alpha value is -0.930. The second-order valence-electron chi connectivity index (χ2n) is 4.13. The third-order valence-corrected chi connectivity index (χ3v) is 3.20. The van der Waals surface area contributed by atoms with E-state index in [4.69, 9.17) is 5.73 Å². The molecule has 0 amide bonds. The summed E-state index contributed by atoms with van der Waals surface area (Å²) in [5.41, 5.74) is 7.57. The first kappa shape index (κ1) is 10.6. The Kier molecular flexibility index (Phi) is 3.03. The molecule has 82 valence electrons. The van der Waals surface area contributed by atoms with Crippen molar-refractivity contribution in [1.29, 1.82) is 0 Å². The van der Waals surface area contributed by atoms with E-state index in [-0.39, 0.29) is 5.82 Å². The van der Waals surface area contributed by atoms with Gasteiger partial charge in [0.15, 0.2) is 0 Å². The molecule has 2 nitrogen and oxygen atoms in total. The molecule has 3 heteroatoms. The van der Waals surface area contributed by atoms with Gasteiger partial charge in [0.1, 0.15) is 5.82 Å². The average Bonchev–Trinajstić information content (AvgIpc) is 2.63. The molecule has 1 atom stereocenters. The lowest BCUT2D eigenvalue weighted by atomic mass is 10.1. The van der Waals surface area contributed by atoms with E-state index in [1.54, 1.807) is 12.1 Å². The molecule has 0 heterocycles. The van der Waals surface area contributed by atoms with Gasteiger partial charge in [-0.25, -0.2) is 4.39 Å². The molecule has 0 fully saturated rings. The highest BCUT2D eigenvalue weighted by molar-refractivity contribution is 5.35. The summed E-state index contributed by atoms with van der Waals surface area (Å²) in [4.78, 5) is 2.21. The highest BCUT2D eigenvalue weighted by atomic mass is 19.1. The van der Waals surface area contributed by atoms with Crippen LogP contribution in [-0.2, 0) is 6.42 Å². The highest BCUT2D eigenvalue weighted by Gasteiger charge is 2.27. The molecule has 1 aromatic rings. The van der Waals surface area contributed by atoms with Crippen LogP contribution in [0.1, 0.15) is 23.6 Å². The summed E-state index contributed by atoms with van der Waals surface area (Å²) in [6.07, 6.45) is 1.86. The van der Waals surface area contributed by atoms with E-state index >= 15 is 0 Å². The molecule has 0 saturated heterocycles. The van der Waals surface area contributed by atoms with Crippen LogP contribution in [0.5, 0.6) is 0 Å². The highest BCUT2D eigenvalue weighted by Crippen LogP contribution is 2.35. The summed E-state index contributed by atoms with van der Waals surface area (Å²) in [7, 11) is 2.05. The molecule has 1 unspecified atom stereocenters. The fourth-order valence-electron chi connectivity index (χ4n) is 2.41. The van der Waals surface area contributed by atoms with Gasteiger partial charge in [-0.1, -0.05) is 12.1 Å². The Morgan fingerprint density at radius 3 is 3.07 bits per heavy atom. The van der Waals surface area contributed by atoms with Gasteiger partial charge >= 0.3 is 0 Å². The van der Waals surface area contributed by atoms with E-state index in [1.165, 1.54) is 0 Å². The lowest BCUT2D eigenvalue weighted by Crippen LogP contribution is -2.28. The number of halogens is 1. The third-order valence-electron chi connectivity index (χ3n) is 3.20. The molecule has 0 radical (unpaired) electrons. The SMILES string of the molecule is CN(CCN)C1CCc2c(F)cccc21. The van der Waals surface area contributed by atoms with Crippen LogP contribution in [0.15, 0.2) is 18.2 Å². The number of rotatable bonds is 3. The van der Waals surface area contributed by atoms with Crippen molar-refractivity contribution in [2.75, 3.05) is 20.1 Å². The van der Waals surface area contributed by atoms with Crippen molar-refractivity contribution in [3.05, 3.63) is 35.1 Å². The van der Waals surface area contributed by atoms with Gasteiger partial charge in [0.25, 0.3) is 0 Å². The van der Waals surface area contributed by atoms with E-state index in [9.17, 15) is 4.39 Å². The second-order valence-corrected chi connectivity index (χ2v) is 4.13. The van der Waals surface area contributed by atoms with Crippen molar-refractivity contribution in [2.24, 2.45) is 5.73 Å². The van der Waals surface area contributed by atoms with Crippen molar-refractivity contribution in [1.82, 2.24) is 4.90 Å². The van der Waals surface area contributed by atoms with Crippen LogP contribution in [0.4, 0.5) is 4.39 Å². The Morgan fingerprint density at radius 2 is 2.33 bits per heavy atom. The summed E-state index contributed by atoms with van der Waals surface area (Å²) < 4.78 is 13.5. The Bertz CT molecular complexity index is 351. The number of nitrogens with zero attached hydrogens (tertiary/aromatic N) is 1. The first-order valence-electron chi connectivity index (χ1n) is 5.41. The molecule has 15 heavy (non-hydrogen) atoms. The lowest BCUT2D eigenvalue weighted by molar-refractivity contribution is 0.251. The maximum absolute atomic E-state index is 13.5. The number of benzene rings is 1.